The molecule has 0 bridgehead atoms. The van der Waals surface area contributed by atoms with Gasteiger partial charge in [-0.3, -0.25) is 4.79 Å². The number of hydrogen-bond acceptors (Lipinski definition) is 2. The molecule has 0 N–H and O–H groups in total. The number of hydrogen-bond donors (Lipinski definition) is 0. The second kappa shape index (κ2) is 8.30. The van der Waals surface area contributed by atoms with Gasteiger partial charge in [-0.15, -0.1) is 0 Å². The third-order valence-corrected chi connectivity index (χ3v) is 4.87. The van der Waals surface area contributed by atoms with Gasteiger partial charge in [0.1, 0.15) is 0 Å². The third kappa shape index (κ3) is 4.61. The summed E-state index contributed by atoms with van der Waals surface area (Å²) < 4.78 is 38.4. The van der Waals surface area contributed by atoms with Crippen molar-refractivity contribution in [1.29, 1.82) is 5.26 Å². The van der Waals surface area contributed by atoms with E-state index in [0.717, 1.165) is 37.0 Å². The standard InChI is InChI=1S/C22H19F3N2O/c23-22(24,25)19-11-9-18(10-12-19)20-3-1-2-14-27(20)21(28)13-8-16-4-6-17(15-26)7-5-16/h4-13,20H,1-3,14H2/b13-8+/t20-/m0/s1. The van der Waals surface area contributed by atoms with Crippen molar-refractivity contribution in [1.82, 2.24) is 4.90 Å². The Morgan fingerprint density at radius 1 is 1.07 bits per heavy atom. The van der Waals surface area contributed by atoms with E-state index >= 15 is 0 Å². The van der Waals surface area contributed by atoms with Crippen molar-refractivity contribution >= 4 is 12.0 Å². The summed E-state index contributed by atoms with van der Waals surface area (Å²) >= 11 is 0. The molecule has 1 atom stereocenters. The zero-order valence-electron chi connectivity index (χ0n) is 15.1. The van der Waals surface area contributed by atoms with Crippen LogP contribution in [-0.4, -0.2) is 17.4 Å². The van der Waals surface area contributed by atoms with E-state index in [0.29, 0.717) is 17.7 Å². The summed E-state index contributed by atoms with van der Waals surface area (Å²) in [5.74, 6) is -0.172. The van der Waals surface area contributed by atoms with Gasteiger partial charge in [0.2, 0.25) is 5.91 Å². The molecule has 0 radical (unpaired) electrons. The van der Waals surface area contributed by atoms with Gasteiger partial charge in [0.05, 0.1) is 23.2 Å². The van der Waals surface area contributed by atoms with Crippen molar-refractivity contribution in [3.05, 3.63) is 76.9 Å². The first-order valence-electron chi connectivity index (χ1n) is 9.04. The fraction of sp³-hybridized carbons (Fsp3) is 0.273. The summed E-state index contributed by atoms with van der Waals surface area (Å²) in [5, 5.41) is 8.82. The van der Waals surface area contributed by atoms with Crippen LogP contribution >= 0.6 is 0 Å². The molecule has 6 heteroatoms. The monoisotopic (exact) mass is 384 g/mol. The van der Waals surface area contributed by atoms with Crippen LogP contribution in [0.4, 0.5) is 13.2 Å². The number of rotatable bonds is 3. The molecule has 28 heavy (non-hydrogen) atoms. The summed E-state index contributed by atoms with van der Waals surface area (Å²) in [6, 6.07) is 13.7. The number of nitriles is 1. The van der Waals surface area contributed by atoms with Gasteiger partial charge in [-0.1, -0.05) is 24.3 Å². The van der Waals surface area contributed by atoms with Gasteiger partial charge in [0.15, 0.2) is 0 Å². The molecular formula is C22H19F3N2O. The lowest BCUT2D eigenvalue weighted by molar-refractivity contribution is -0.137. The lowest BCUT2D eigenvalue weighted by Crippen LogP contribution is -2.37. The average Bonchev–Trinajstić information content (AvgIpc) is 2.72. The maximum absolute atomic E-state index is 12.8. The molecule has 2 aromatic carbocycles. The van der Waals surface area contributed by atoms with Crippen LogP contribution < -0.4 is 0 Å². The Hall–Kier alpha value is -3.07. The first-order valence-corrected chi connectivity index (χ1v) is 9.04. The van der Waals surface area contributed by atoms with E-state index in [1.54, 1.807) is 35.2 Å². The molecule has 1 saturated heterocycles. The highest BCUT2D eigenvalue weighted by molar-refractivity contribution is 5.92. The first-order chi connectivity index (χ1) is 13.4. The molecule has 1 heterocycles. The Balaban J connectivity index is 1.75. The molecule has 0 aliphatic carbocycles. The van der Waals surface area contributed by atoms with Gasteiger partial charge in [0.25, 0.3) is 0 Å². The number of halogens is 3. The number of piperidine rings is 1. The van der Waals surface area contributed by atoms with Gasteiger partial charge < -0.3 is 4.90 Å². The van der Waals surface area contributed by atoms with E-state index in [9.17, 15) is 18.0 Å². The minimum atomic E-state index is -4.37. The number of benzene rings is 2. The van der Waals surface area contributed by atoms with Gasteiger partial charge in [-0.2, -0.15) is 18.4 Å². The van der Waals surface area contributed by atoms with E-state index < -0.39 is 11.7 Å². The van der Waals surface area contributed by atoms with Gasteiger partial charge in [-0.05, 0) is 60.7 Å². The maximum Gasteiger partial charge on any atom is 0.416 e. The molecule has 1 amide bonds. The quantitative estimate of drug-likeness (QED) is 0.670. The van der Waals surface area contributed by atoms with Crippen LogP contribution in [0.2, 0.25) is 0 Å². The molecule has 1 aliphatic heterocycles. The lowest BCUT2D eigenvalue weighted by Gasteiger charge is -2.35. The van der Waals surface area contributed by atoms with E-state index in [-0.39, 0.29) is 11.9 Å². The Labute approximate surface area is 161 Å². The molecule has 3 rings (SSSR count). The van der Waals surface area contributed by atoms with E-state index in [1.165, 1.54) is 18.2 Å². The number of carbonyl (C=O) groups is 1. The highest BCUT2D eigenvalue weighted by Gasteiger charge is 2.31. The summed E-state index contributed by atoms with van der Waals surface area (Å²) in [7, 11) is 0. The molecule has 1 fully saturated rings. The molecule has 2 aromatic rings. The summed E-state index contributed by atoms with van der Waals surface area (Å²) in [6.07, 6.45) is 1.31. The average molecular weight is 384 g/mol. The Kier molecular flexibility index (Phi) is 5.84. The number of nitrogens with zero attached hydrogens (tertiary/aromatic N) is 2. The SMILES string of the molecule is N#Cc1ccc(/C=C/C(=O)N2CCCC[C@H]2c2ccc(C(F)(F)F)cc2)cc1. The highest BCUT2D eigenvalue weighted by atomic mass is 19.4. The predicted octanol–water partition coefficient (Wildman–Crippen LogP) is 5.34. The molecule has 3 nitrogen and oxygen atoms in total. The largest absolute Gasteiger partial charge is 0.416 e. The fourth-order valence-electron chi connectivity index (χ4n) is 3.37. The molecule has 0 saturated carbocycles. The Morgan fingerprint density at radius 3 is 2.36 bits per heavy atom. The van der Waals surface area contributed by atoms with E-state index in [2.05, 4.69) is 0 Å². The van der Waals surface area contributed by atoms with Crippen molar-refractivity contribution in [2.45, 2.75) is 31.5 Å². The van der Waals surface area contributed by atoms with E-state index in [4.69, 9.17) is 5.26 Å². The normalized spacial score (nSPS) is 17.5. The van der Waals surface area contributed by atoms with Gasteiger partial charge in [0, 0.05) is 12.6 Å². The zero-order valence-corrected chi connectivity index (χ0v) is 15.1. The summed E-state index contributed by atoms with van der Waals surface area (Å²) in [4.78, 5) is 14.4. The van der Waals surface area contributed by atoms with Crippen molar-refractivity contribution in [3.8, 4) is 6.07 Å². The summed E-state index contributed by atoms with van der Waals surface area (Å²) in [6.45, 7) is 0.572. The second-order valence-corrected chi connectivity index (χ2v) is 6.73. The van der Waals surface area contributed by atoms with Crippen molar-refractivity contribution < 1.29 is 18.0 Å². The molecule has 0 spiro atoms. The van der Waals surface area contributed by atoms with Crippen molar-refractivity contribution in [2.24, 2.45) is 0 Å². The van der Waals surface area contributed by atoms with E-state index in [1.807, 2.05) is 6.07 Å². The van der Waals surface area contributed by atoms with Crippen LogP contribution in [0, 0.1) is 11.3 Å². The smallest absolute Gasteiger partial charge is 0.332 e. The minimum Gasteiger partial charge on any atom is -0.332 e. The second-order valence-electron chi connectivity index (χ2n) is 6.73. The third-order valence-electron chi connectivity index (χ3n) is 4.87. The topological polar surface area (TPSA) is 44.1 Å². The number of alkyl halides is 3. The molecule has 0 unspecified atom stereocenters. The maximum atomic E-state index is 12.8. The van der Waals surface area contributed by atoms with Gasteiger partial charge in [-0.25, -0.2) is 0 Å². The zero-order chi connectivity index (χ0) is 20.1. The van der Waals surface area contributed by atoms with Crippen LogP contribution in [0.5, 0.6) is 0 Å². The van der Waals surface area contributed by atoms with Crippen LogP contribution in [0.15, 0.2) is 54.6 Å². The minimum absolute atomic E-state index is 0.172. The first kappa shape index (κ1) is 19.7. The van der Waals surface area contributed by atoms with Crippen LogP contribution in [0.25, 0.3) is 6.08 Å². The van der Waals surface area contributed by atoms with Gasteiger partial charge >= 0.3 is 6.18 Å². The Morgan fingerprint density at radius 2 is 1.75 bits per heavy atom. The highest BCUT2D eigenvalue weighted by Crippen LogP contribution is 2.34. The molecule has 1 aliphatic rings. The molecule has 144 valence electrons. The number of likely N-dealkylation sites (tertiary alicyclic amines) is 1. The summed E-state index contributed by atoms with van der Waals surface area (Å²) in [5.41, 5.74) is 1.37. The van der Waals surface area contributed by atoms with Crippen LogP contribution in [-0.2, 0) is 11.0 Å². The molecular weight excluding hydrogens is 365 g/mol. The molecule has 0 aromatic heterocycles. The van der Waals surface area contributed by atoms with Crippen LogP contribution in [0.1, 0.15) is 47.6 Å². The lowest BCUT2D eigenvalue weighted by atomic mass is 9.94. The Bertz CT molecular complexity index is 893. The number of amides is 1. The van der Waals surface area contributed by atoms with Crippen molar-refractivity contribution in [3.63, 3.8) is 0 Å². The fourth-order valence-corrected chi connectivity index (χ4v) is 3.37. The van der Waals surface area contributed by atoms with Crippen LogP contribution in [0.3, 0.4) is 0 Å². The number of carbonyl (C=O) groups excluding carboxylic acids is 1. The van der Waals surface area contributed by atoms with Crippen molar-refractivity contribution in [2.75, 3.05) is 6.54 Å². The predicted molar refractivity (Wildman–Crippen MR) is 99.9 cm³/mol.